The molecule has 0 saturated carbocycles. The Morgan fingerprint density at radius 1 is 0.324 bits per heavy atom. The largest absolute Gasteiger partial charge is 0.455 e. The minimum atomic E-state index is -0.592. The van der Waals surface area contributed by atoms with Gasteiger partial charge in [0.1, 0.15) is 11.2 Å². The van der Waals surface area contributed by atoms with Gasteiger partial charge in [0.05, 0.1) is 11.1 Å². The first-order valence-corrected chi connectivity index (χ1v) is 24.4. The Morgan fingerprint density at radius 2 is 0.775 bits per heavy atom. The lowest BCUT2D eigenvalue weighted by molar-refractivity contribution is 0.668. The molecule has 0 bridgehead atoms. The van der Waals surface area contributed by atoms with Crippen LogP contribution in [0.15, 0.2) is 277 Å². The zero-order valence-electron chi connectivity index (χ0n) is 39.3. The summed E-state index contributed by atoms with van der Waals surface area (Å²) >= 11 is 0. The van der Waals surface area contributed by atoms with E-state index in [1.165, 1.54) is 38.9 Å². The third-order valence-electron chi connectivity index (χ3n) is 14.5. The van der Waals surface area contributed by atoms with E-state index in [2.05, 4.69) is 290 Å². The number of para-hydroxylation sites is 3. The van der Waals surface area contributed by atoms with Crippen LogP contribution < -0.4 is 9.80 Å². The summed E-state index contributed by atoms with van der Waals surface area (Å²) in [6.45, 7) is 2.41. The highest BCUT2D eigenvalue weighted by Crippen LogP contribution is 2.60. The molecule has 1 atom stereocenters. The van der Waals surface area contributed by atoms with E-state index in [4.69, 9.17) is 4.42 Å². The molecule has 12 aromatic rings. The molecule has 1 heterocycles. The van der Waals surface area contributed by atoms with Gasteiger partial charge in [0, 0.05) is 50.4 Å². The van der Waals surface area contributed by atoms with E-state index < -0.39 is 5.41 Å². The van der Waals surface area contributed by atoms with Crippen LogP contribution in [0.1, 0.15) is 23.6 Å². The van der Waals surface area contributed by atoms with Crippen LogP contribution in [0.25, 0.3) is 66.4 Å². The van der Waals surface area contributed by atoms with Crippen LogP contribution in [0.2, 0.25) is 0 Å². The van der Waals surface area contributed by atoms with Crippen LogP contribution in [0.4, 0.5) is 34.1 Å². The summed E-state index contributed by atoms with van der Waals surface area (Å²) in [4.78, 5) is 4.81. The zero-order valence-corrected chi connectivity index (χ0v) is 39.3. The summed E-state index contributed by atoms with van der Waals surface area (Å²) in [5, 5.41) is 2.14. The number of nitrogens with zero attached hydrogens (tertiary/aromatic N) is 2. The van der Waals surface area contributed by atoms with Crippen molar-refractivity contribution in [1.29, 1.82) is 0 Å². The number of hydrogen-bond acceptors (Lipinski definition) is 3. The van der Waals surface area contributed by atoms with Crippen LogP contribution in [-0.4, -0.2) is 0 Å². The molecule has 71 heavy (non-hydrogen) atoms. The molecule has 3 nitrogen and oxygen atoms in total. The number of benzene rings is 11. The summed E-state index contributed by atoms with van der Waals surface area (Å²) in [6.07, 6.45) is 0. The number of rotatable bonds is 10. The zero-order chi connectivity index (χ0) is 47.3. The van der Waals surface area contributed by atoms with Gasteiger partial charge in [-0.15, -0.1) is 0 Å². The Hall–Kier alpha value is -9.18. The fourth-order valence-electron chi connectivity index (χ4n) is 11.1. The van der Waals surface area contributed by atoms with Gasteiger partial charge in [-0.1, -0.05) is 206 Å². The predicted octanol–water partition coefficient (Wildman–Crippen LogP) is 18.9. The van der Waals surface area contributed by atoms with Crippen LogP contribution in [0, 0.1) is 0 Å². The van der Waals surface area contributed by atoms with E-state index in [1.807, 2.05) is 0 Å². The number of fused-ring (bicyclic) bond motifs is 7. The highest BCUT2D eigenvalue weighted by Gasteiger charge is 2.44. The molecule has 1 aromatic heterocycles. The van der Waals surface area contributed by atoms with Gasteiger partial charge in [0.25, 0.3) is 0 Å². The average Bonchev–Trinajstić information content (AvgIpc) is 3.97. The topological polar surface area (TPSA) is 19.6 Å². The first-order chi connectivity index (χ1) is 35.1. The van der Waals surface area contributed by atoms with Crippen molar-refractivity contribution in [3.05, 3.63) is 290 Å². The van der Waals surface area contributed by atoms with E-state index in [0.717, 1.165) is 78.3 Å². The highest BCUT2D eigenvalue weighted by molar-refractivity contribution is 6.21. The van der Waals surface area contributed by atoms with Crippen molar-refractivity contribution in [3.63, 3.8) is 0 Å². The fraction of sp³-hybridized carbons (Fsp3) is 0.0294. The van der Waals surface area contributed by atoms with Crippen molar-refractivity contribution >= 4 is 56.1 Å². The number of anilines is 6. The number of furan rings is 1. The Morgan fingerprint density at radius 3 is 1.34 bits per heavy atom. The minimum Gasteiger partial charge on any atom is -0.455 e. The molecular weight excluding hydrogens is 861 g/mol. The van der Waals surface area contributed by atoms with Crippen molar-refractivity contribution < 1.29 is 4.42 Å². The molecule has 11 aromatic carbocycles. The summed E-state index contributed by atoms with van der Waals surface area (Å²) < 4.78 is 7.53. The molecule has 0 spiro atoms. The van der Waals surface area contributed by atoms with E-state index in [9.17, 15) is 0 Å². The molecule has 13 rings (SSSR count). The molecule has 336 valence electrons. The van der Waals surface area contributed by atoms with Crippen molar-refractivity contribution in [2.75, 3.05) is 9.80 Å². The maximum atomic E-state index is 7.53. The molecule has 0 saturated heterocycles. The third kappa shape index (κ3) is 7.13. The molecule has 1 aliphatic carbocycles. The standard InChI is InChI=1S/C68H48N2O/c1-68(52-27-14-5-15-28-52)61-45-57(69(53-29-16-6-17-30-53)55-39-35-49(36-40-55)47-21-8-2-9-22-47)43-44-59(61)64-62(68)46-63(65-60-34-20-33-58(66(60)71-67(64)65)51-25-12-4-13-26-51)70(54-31-18-7-19-32-54)56-41-37-50(38-42-56)48-23-10-3-11-24-48/h2-46H,1H3. The summed E-state index contributed by atoms with van der Waals surface area (Å²) in [6, 6.07) is 98.5. The second-order valence-corrected chi connectivity index (χ2v) is 18.6. The second-order valence-electron chi connectivity index (χ2n) is 18.6. The van der Waals surface area contributed by atoms with Gasteiger partial charge in [-0.3, -0.25) is 0 Å². The van der Waals surface area contributed by atoms with Gasteiger partial charge in [-0.25, -0.2) is 0 Å². The Balaban J connectivity index is 1.08. The van der Waals surface area contributed by atoms with Gasteiger partial charge in [-0.05, 0) is 124 Å². The molecule has 1 unspecified atom stereocenters. The van der Waals surface area contributed by atoms with Crippen molar-refractivity contribution in [1.82, 2.24) is 0 Å². The maximum Gasteiger partial charge on any atom is 0.145 e. The van der Waals surface area contributed by atoms with E-state index in [1.54, 1.807) is 0 Å². The normalized spacial score (nSPS) is 13.8. The molecule has 3 heteroatoms. The fourth-order valence-corrected chi connectivity index (χ4v) is 11.1. The summed E-state index contributed by atoms with van der Waals surface area (Å²) in [7, 11) is 0. The van der Waals surface area contributed by atoms with Gasteiger partial charge < -0.3 is 14.2 Å². The Bertz CT molecular complexity index is 3840. The maximum absolute atomic E-state index is 7.53. The number of hydrogen-bond donors (Lipinski definition) is 0. The monoisotopic (exact) mass is 908 g/mol. The lowest BCUT2D eigenvalue weighted by atomic mass is 9.74. The van der Waals surface area contributed by atoms with Crippen LogP contribution in [0.5, 0.6) is 0 Å². The van der Waals surface area contributed by atoms with Crippen LogP contribution >= 0.6 is 0 Å². The van der Waals surface area contributed by atoms with Gasteiger partial charge in [-0.2, -0.15) is 0 Å². The molecule has 0 aliphatic heterocycles. The van der Waals surface area contributed by atoms with Crippen molar-refractivity contribution in [2.45, 2.75) is 12.3 Å². The quantitative estimate of drug-likeness (QED) is 0.136. The first kappa shape index (κ1) is 42.0. The lowest BCUT2D eigenvalue weighted by Gasteiger charge is -2.32. The molecule has 0 fully saturated rings. The summed E-state index contributed by atoms with van der Waals surface area (Å²) in [5.41, 5.74) is 20.4. The molecule has 0 radical (unpaired) electrons. The van der Waals surface area contributed by atoms with Crippen LogP contribution in [-0.2, 0) is 5.41 Å². The molecule has 1 aliphatic rings. The van der Waals surface area contributed by atoms with Gasteiger partial charge in [0.2, 0.25) is 0 Å². The Labute approximate surface area is 414 Å². The highest BCUT2D eigenvalue weighted by atomic mass is 16.3. The van der Waals surface area contributed by atoms with E-state index in [0.29, 0.717) is 0 Å². The molecular formula is C68H48N2O. The smallest absolute Gasteiger partial charge is 0.145 e. The van der Waals surface area contributed by atoms with Gasteiger partial charge >= 0.3 is 0 Å². The second kappa shape index (κ2) is 17.4. The third-order valence-corrected chi connectivity index (χ3v) is 14.5. The van der Waals surface area contributed by atoms with Crippen molar-refractivity contribution in [2.24, 2.45) is 0 Å². The van der Waals surface area contributed by atoms with E-state index in [-0.39, 0.29) is 0 Å². The Kier molecular flexibility index (Phi) is 10.3. The van der Waals surface area contributed by atoms with E-state index >= 15 is 0 Å². The predicted molar refractivity (Wildman–Crippen MR) is 297 cm³/mol. The molecule has 0 N–H and O–H groups in total. The molecule has 0 amide bonds. The van der Waals surface area contributed by atoms with Gasteiger partial charge in [0.15, 0.2) is 0 Å². The average molecular weight is 909 g/mol. The van der Waals surface area contributed by atoms with Crippen molar-refractivity contribution in [3.8, 4) is 44.5 Å². The first-order valence-electron chi connectivity index (χ1n) is 24.4. The summed E-state index contributed by atoms with van der Waals surface area (Å²) in [5.74, 6) is 0. The lowest BCUT2D eigenvalue weighted by Crippen LogP contribution is -2.23. The van der Waals surface area contributed by atoms with Crippen LogP contribution in [0.3, 0.4) is 0 Å². The minimum absolute atomic E-state index is 0.592. The SMILES string of the molecule is CC1(c2ccccc2)c2cc(N(c3ccccc3)c3ccc(-c4ccccc4)cc3)ccc2-c2c1cc(N(c1ccccc1)c1ccc(-c3ccccc3)cc1)c1c2oc2c(-c3ccccc3)cccc21.